The molecule has 0 saturated carbocycles. The molecule has 6 heteroatoms. The zero-order chi connectivity index (χ0) is 21.6. The van der Waals surface area contributed by atoms with Crippen LogP contribution in [0.2, 0.25) is 0 Å². The van der Waals surface area contributed by atoms with Crippen LogP contribution >= 0.6 is 0 Å². The molecular formula is C25H26N4O2. The molecule has 2 aromatic carbocycles. The highest BCUT2D eigenvalue weighted by Gasteiger charge is 2.21. The normalized spacial score (nSPS) is 17.3. The minimum atomic E-state index is 0.0248. The highest BCUT2D eigenvalue weighted by atomic mass is 16.2. The summed E-state index contributed by atoms with van der Waals surface area (Å²) in [5.41, 5.74) is 3.72. The summed E-state index contributed by atoms with van der Waals surface area (Å²) in [6.07, 6.45) is 5.00. The number of anilines is 1. The molecule has 0 spiro atoms. The lowest BCUT2D eigenvalue weighted by Gasteiger charge is -2.34. The average Bonchev–Trinajstić information content (AvgIpc) is 3.24. The molecule has 0 unspecified atom stereocenters. The summed E-state index contributed by atoms with van der Waals surface area (Å²) in [4.78, 5) is 30.4. The molecule has 2 aromatic rings. The Morgan fingerprint density at radius 2 is 1.68 bits per heavy atom. The summed E-state index contributed by atoms with van der Waals surface area (Å²) in [6, 6.07) is 17.6. The minimum Gasteiger partial charge on any atom is -0.337 e. The molecule has 2 amide bonds. The van der Waals surface area contributed by atoms with Crippen LogP contribution in [0.5, 0.6) is 0 Å². The SMILES string of the molecule is N#Cc1ccc(CN2CCN(C(=O)C=Cc3ccc(N4CCCC4=O)cc3)CC2)cc1. The van der Waals surface area contributed by atoms with E-state index in [2.05, 4.69) is 11.0 Å². The summed E-state index contributed by atoms with van der Waals surface area (Å²) in [7, 11) is 0. The number of hydrogen-bond acceptors (Lipinski definition) is 4. The molecule has 2 saturated heterocycles. The molecule has 0 aromatic heterocycles. The van der Waals surface area contributed by atoms with Crippen molar-refractivity contribution in [3.63, 3.8) is 0 Å². The fraction of sp³-hybridized carbons (Fsp3) is 0.320. The molecule has 0 N–H and O–H groups in total. The molecule has 158 valence electrons. The van der Waals surface area contributed by atoms with Crippen LogP contribution in [-0.2, 0) is 16.1 Å². The predicted octanol–water partition coefficient (Wildman–Crippen LogP) is 3.04. The van der Waals surface area contributed by atoms with E-state index in [1.807, 2.05) is 64.4 Å². The fourth-order valence-electron chi connectivity index (χ4n) is 4.03. The van der Waals surface area contributed by atoms with E-state index in [1.165, 1.54) is 5.56 Å². The Morgan fingerprint density at radius 1 is 0.968 bits per heavy atom. The third kappa shape index (κ3) is 5.19. The Kier molecular flexibility index (Phi) is 6.44. The second kappa shape index (κ2) is 9.59. The van der Waals surface area contributed by atoms with Gasteiger partial charge in [0.05, 0.1) is 11.6 Å². The molecule has 2 heterocycles. The summed E-state index contributed by atoms with van der Waals surface area (Å²) < 4.78 is 0. The molecule has 4 rings (SSSR count). The van der Waals surface area contributed by atoms with Gasteiger partial charge in [-0.15, -0.1) is 0 Å². The van der Waals surface area contributed by atoms with Crippen molar-refractivity contribution in [3.05, 3.63) is 71.3 Å². The van der Waals surface area contributed by atoms with Crippen molar-refractivity contribution in [1.82, 2.24) is 9.80 Å². The second-order valence-corrected chi connectivity index (χ2v) is 7.98. The Morgan fingerprint density at radius 3 is 2.29 bits per heavy atom. The maximum absolute atomic E-state index is 12.6. The number of carbonyl (C=O) groups excluding carboxylic acids is 2. The van der Waals surface area contributed by atoms with Crippen LogP contribution < -0.4 is 4.90 Å². The second-order valence-electron chi connectivity index (χ2n) is 7.98. The number of carbonyl (C=O) groups is 2. The quantitative estimate of drug-likeness (QED) is 0.706. The van der Waals surface area contributed by atoms with Crippen molar-refractivity contribution < 1.29 is 9.59 Å². The van der Waals surface area contributed by atoms with Crippen LogP contribution in [0.4, 0.5) is 5.69 Å². The van der Waals surface area contributed by atoms with Gasteiger partial charge < -0.3 is 9.80 Å². The molecule has 2 fully saturated rings. The zero-order valence-electron chi connectivity index (χ0n) is 17.5. The van der Waals surface area contributed by atoms with Crippen molar-refractivity contribution >= 4 is 23.6 Å². The number of benzene rings is 2. The van der Waals surface area contributed by atoms with Crippen molar-refractivity contribution in [1.29, 1.82) is 5.26 Å². The maximum atomic E-state index is 12.6. The number of nitriles is 1. The average molecular weight is 415 g/mol. The predicted molar refractivity (Wildman–Crippen MR) is 120 cm³/mol. The minimum absolute atomic E-state index is 0.0248. The first kappa shape index (κ1) is 20.8. The van der Waals surface area contributed by atoms with Gasteiger partial charge in [-0.05, 0) is 47.9 Å². The summed E-state index contributed by atoms with van der Waals surface area (Å²) in [6.45, 7) is 4.68. The standard InChI is InChI=1S/C25H26N4O2/c26-18-21-3-5-22(6-4-21)19-27-14-16-28(17-15-27)24(30)12-9-20-7-10-23(11-8-20)29-13-1-2-25(29)31/h3-12H,1-2,13-17,19H2. The lowest BCUT2D eigenvalue weighted by Crippen LogP contribution is -2.47. The highest BCUT2D eigenvalue weighted by Crippen LogP contribution is 2.22. The van der Waals surface area contributed by atoms with Crippen molar-refractivity contribution in [2.45, 2.75) is 19.4 Å². The van der Waals surface area contributed by atoms with E-state index < -0.39 is 0 Å². The molecule has 6 nitrogen and oxygen atoms in total. The zero-order valence-corrected chi connectivity index (χ0v) is 17.5. The van der Waals surface area contributed by atoms with Crippen LogP contribution in [-0.4, -0.2) is 54.3 Å². The van der Waals surface area contributed by atoms with Gasteiger partial charge in [0.15, 0.2) is 0 Å². The molecule has 31 heavy (non-hydrogen) atoms. The van der Waals surface area contributed by atoms with E-state index in [9.17, 15) is 9.59 Å². The fourth-order valence-corrected chi connectivity index (χ4v) is 4.03. The molecule has 0 atom stereocenters. The van der Waals surface area contributed by atoms with Crippen LogP contribution in [0.15, 0.2) is 54.6 Å². The van der Waals surface area contributed by atoms with Crippen molar-refractivity contribution in [3.8, 4) is 6.07 Å². The Balaban J connectivity index is 1.26. The number of nitrogens with zero attached hydrogens (tertiary/aromatic N) is 4. The first-order valence-electron chi connectivity index (χ1n) is 10.7. The van der Waals surface area contributed by atoms with E-state index in [-0.39, 0.29) is 11.8 Å². The van der Waals surface area contributed by atoms with Crippen molar-refractivity contribution in [2.24, 2.45) is 0 Å². The van der Waals surface area contributed by atoms with Crippen LogP contribution in [0.1, 0.15) is 29.5 Å². The summed E-state index contributed by atoms with van der Waals surface area (Å²) in [5.74, 6) is 0.202. The van der Waals surface area contributed by atoms with Crippen LogP contribution in [0.25, 0.3) is 6.08 Å². The molecule has 0 radical (unpaired) electrons. The molecule has 0 aliphatic carbocycles. The van der Waals surface area contributed by atoms with Gasteiger partial charge in [-0.2, -0.15) is 5.26 Å². The van der Waals surface area contributed by atoms with E-state index in [4.69, 9.17) is 5.26 Å². The van der Waals surface area contributed by atoms with Gasteiger partial charge in [0.25, 0.3) is 0 Å². The molecule has 2 aliphatic heterocycles. The number of hydrogen-bond donors (Lipinski definition) is 0. The van der Waals surface area contributed by atoms with Gasteiger partial charge in [0.2, 0.25) is 11.8 Å². The third-order valence-electron chi connectivity index (χ3n) is 5.87. The van der Waals surface area contributed by atoms with Gasteiger partial charge in [-0.25, -0.2) is 0 Å². The van der Waals surface area contributed by atoms with Gasteiger partial charge in [-0.1, -0.05) is 24.3 Å². The van der Waals surface area contributed by atoms with E-state index >= 15 is 0 Å². The molecule has 0 bridgehead atoms. The number of rotatable bonds is 5. The Bertz CT molecular complexity index is 997. The van der Waals surface area contributed by atoms with E-state index in [0.29, 0.717) is 25.1 Å². The topological polar surface area (TPSA) is 67.7 Å². The number of piperazine rings is 1. The van der Waals surface area contributed by atoms with Crippen LogP contribution in [0.3, 0.4) is 0 Å². The van der Waals surface area contributed by atoms with E-state index in [0.717, 1.165) is 43.9 Å². The summed E-state index contributed by atoms with van der Waals surface area (Å²) >= 11 is 0. The smallest absolute Gasteiger partial charge is 0.246 e. The van der Waals surface area contributed by atoms with Crippen molar-refractivity contribution in [2.75, 3.05) is 37.6 Å². The maximum Gasteiger partial charge on any atom is 0.246 e. The largest absolute Gasteiger partial charge is 0.337 e. The van der Waals surface area contributed by atoms with Gasteiger partial charge >= 0.3 is 0 Å². The first-order valence-corrected chi connectivity index (χ1v) is 10.7. The van der Waals surface area contributed by atoms with Gasteiger partial charge in [0, 0.05) is 57.5 Å². The van der Waals surface area contributed by atoms with Gasteiger partial charge in [-0.3, -0.25) is 14.5 Å². The molecular weight excluding hydrogens is 388 g/mol. The number of amides is 2. The highest BCUT2D eigenvalue weighted by molar-refractivity contribution is 5.95. The Hall–Kier alpha value is -3.43. The third-order valence-corrected chi connectivity index (χ3v) is 5.87. The van der Waals surface area contributed by atoms with Gasteiger partial charge in [0.1, 0.15) is 0 Å². The first-order chi connectivity index (χ1) is 15.1. The lowest BCUT2D eigenvalue weighted by molar-refractivity contribution is -0.127. The van der Waals surface area contributed by atoms with Crippen LogP contribution in [0, 0.1) is 11.3 Å². The summed E-state index contributed by atoms with van der Waals surface area (Å²) in [5, 5.41) is 8.90. The molecule has 2 aliphatic rings. The monoisotopic (exact) mass is 414 g/mol. The van der Waals surface area contributed by atoms with E-state index in [1.54, 1.807) is 6.08 Å². The Labute approximate surface area is 183 Å². The lowest BCUT2D eigenvalue weighted by atomic mass is 10.1.